The topological polar surface area (TPSA) is 76.1 Å². The highest BCUT2D eigenvalue weighted by Gasteiger charge is 2.16. The van der Waals surface area contributed by atoms with E-state index < -0.39 is 12.6 Å². The molecule has 0 spiro atoms. The monoisotopic (exact) mass is 357 g/mol. The Balaban J connectivity index is 2.14. The van der Waals surface area contributed by atoms with E-state index >= 15 is 0 Å². The predicted octanol–water partition coefficient (Wildman–Crippen LogP) is 3.13. The molecule has 0 radical (unpaired) electrons. The smallest absolute Gasteiger partial charge is 0.341 e. The molecule has 6 heteroatoms. The number of carbonyl (C=O) groups is 2. The van der Waals surface area contributed by atoms with Crippen LogP contribution in [0.25, 0.3) is 0 Å². The third-order valence-corrected chi connectivity index (χ3v) is 3.73. The molecule has 26 heavy (non-hydrogen) atoms. The molecule has 0 unspecified atom stereocenters. The molecule has 0 aliphatic carbocycles. The van der Waals surface area contributed by atoms with E-state index in [0.29, 0.717) is 30.2 Å². The van der Waals surface area contributed by atoms with Crippen LogP contribution in [-0.4, -0.2) is 42.1 Å². The number of amides is 1. The van der Waals surface area contributed by atoms with Crippen LogP contribution in [0.15, 0.2) is 42.5 Å². The Morgan fingerprint density at radius 2 is 1.73 bits per heavy atom. The van der Waals surface area contributed by atoms with E-state index in [2.05, 4.69) is 0 Å². The van der Waals surface area contributed by atoms with Gasteiger partial charge in [0.05, 0.1) is 6.61 Å². The lowest BCUT2D eigenvalue weighted by Gasteiger charge is -2.19. The van der Waals surface area contributed by atoms with Crippen molar-refractivity contribution < 1.29 is 24.2 Å². The average molecular weight is 357 g/mol. The van der Waals surface area contributed by atoms with Crippen molar-refractivity contribution in [2.45, 2.75) is 20.4 Å². The van der Waals surface area contributed by atoms with Crippen LogP contribution in [0.5, 0.6) is 11.5 Å². The second kappa shape index (κ2) is 8.89. The molecule has 2 aromatic rings. The van der Waals surface area contributed by atoms with E-state index in [1.165, 1.54) is 5.56 Å². The second-order valence-electron chi connectivity index (χ2n) is 5.92. The molecule has 0 aromatic heterocycles. The largest absolute Gasteiger partial charge is 0.490 e. The van der Waals surface area contributed by atoms with Crippen molar-refractivity contribution in [1.82, 2.24) is 4.90 Å². The van der Waals surface area contributed by atoms with Gasteiger partial charge in [-0.25, -0.2) is 4.79 Å². The van der Waals surface area contributed by atoms with Crippen LogP contribution in [0.2, 0.25) is 0 Å². The molecule has 0 saturated heterocycles. The van der Waals surface area contributed by atoms with Gasteiger partial charge in [0.2, 0.25) is 0 Å². The Hall–Kier alpha value is -3.02. The molecular formula is C20H23NO5. The summed E-state index contributed by atoms with van der Waals surface area (Å²) in [6.07, 6.45) is 0. The highest BCUT2D eigenvalue weighted by Crippen LogP contribution is 2.29. The standard InChI is InChI=1S/C20H23NO5/c1-4-25-18-11-16(9-10-17(18)26-13-19(22)23)20(24)21(3)12-15-7-5-14(2)6-8-15/h5-11H,4,12-13H2,1-3H3,(H,22,23). The predicted molar refractivity (Wildman–Crippen MR) is 97.7 cm³/mol. The molecule has 0 aliphatic heterocycles. The number of rotatable bonds is 8. The zero-order valence-electron chi connectivity index (χ0n) is 15.2. The van der Waals surface area contributed by atoms with Crippen LogP contribution >= 0.6 is 0 Å². The third kappa shape index (κ3) is 5.24. The van der Waals surface area contributed by atoms with E-state index in [1.807, 2.05) is 31.2 Å². The number of carbonyl (C=O) groups excluding carboxylic acids is 1. The van der Waals surface area contributed by atoms with E-state index in [9.17, 15) is 9.59 Å². The minimum Gasteiger partial charge on any atom is -0.490 e. The molecule has 0 fully saturated rings. The Labute approximate surface area is 153 Å². The third-order valence-electron chi connectivity index (χ3n) is 3.73. The van der Waals surface area contributed by atoms with Crippen molar-refractivity contribution in [3.8, 4) is 11.5 Å². The lowest BCUT2D eigenvalue weighted by Crippen LogP contribution is -2.26. The first kappa shape index (κ1) is 19.3. The molecule has 0 bridgehead atoms. The van der Waals surface area contributed by atoms with E-state index in [0.717, 1.165) is 5.56 Å². The van der Waals surface area contributed by atoms with Gasteiger partial charge in [-0.3, -0.25) is 4.79 Å². The Kier molecular flexibility index (Phi) is 6.60. The molecular weight excluding hydrogens is 334 g/mol. The van der Waals surface area contributed by atoms with E-state index in [1.54, 1.807) is 37.1 Å². The SMILES string of the molecule is CCOc1cc(C(=O)N(C)Cc2ccc(C)cc2)ccc1OCC(=O)O. The summed E-state index contributed by atoms with van der Waals surface area (Å²) in [5.41, 5.74) is 2.66. The maximum absolute atomic E-state index is 12.7. The molecule has 6 nitrogen and oxygen atoms in total. The first-order chi connectivity index (χ1) is 12.4. The zero-order chi connectivity index (χ0) is 19.1. The van der Waals surface area contributed by atoms with E-state index in [4.69, 9.17) is 14.6 Å². The van der Waals surface area contributed by atoms with E-state index in [-0.39, 0.29) is 5.91 Å². The first-order valence-corrected chi connectivity index (χ1v) is 8.33. The number of carboxylic acid groups (broad SMARTS) is 1. The Morgan fingerprint density at radius 3 is 2.35 bits per heavy atom. The second-order valence-corrected chi connectivity index (χ2v) is 5.92. The minimum absolute atomic E-state index is 0.156. The quantitative estimate of drug-likeness (QED) is 0.785. The zero-order valence-corrected chi connectivity index (χ0v) is 15.2. The maximum Gasteiger partial charge on any atom is 0.341 e. The number of nitrogens with zero attached hydrogens (tertiary/aromatic N) is 1. The highest BCUT2D eigenvalue weighted by atomic mass is 16.5. The molecule has 0 aliphatic rings. The normalized spacial score (nSPS) is 10.3. The molecule has 138 valence electrons. The number of aryl methyl sites for hydroxylation is 1. The fraction of sp³-hybridized carbons (Fsp3) is 0.300. The van der Waals surface area contributed by atoms with Gasteiger partial charge in [-0.05, 0) is 37.6 Å². The molecule has 2 aromatic carbocycles. The summed E-state index contributed by atoms with van der Waals surface area (Å²) in [4.78, 5) is 25.0. The number of carboxylic acids is 1. The Bertz CT molecular complexity index is 770. The van der Waals surface area contributed by atoms with Gasteiger partial charge in [-0.15, -0.1) is 0 Å². The summed E-state index contributed by atoms with van der Waals surface area (Å²) in [7, 11) is 1.73. The number of ether oxygens (including phenoxy) is 2. The number of benzene rings is 2. The van der Waals surface area contributed by atoms with Gasteiger partial charge in [0.1, 0.15) is 0 Å². The van der Waals surface area contributed by atoms with Crippen LogP contribution in [-0.2, 0) is 11.3 Å². The lowest BCUT2D eigenvalue weighted by molar-refractivity contribution is -0.139. The summed E-state index contributed by atoms with van der Waals surface area (Å²) in [5, 5.41) is 8.74. The molecule has 0 atom stereocenters. The van der Waals surface area contributed by atoms with Gasteiger partial charge in [0, 0.05) is 19.2 Å². The van der Waals surface area contributed by atoms with Crippen molar-refractivity contribution in [3.05, 3.63) is 59.2 Å². The molecule has 0 heterocycles. The summed E-state index contributed by atoms with van der Waals surface area (Å²) >= 11 is 0. The van der Waals surface area contributed by atoms with Crippen molar-refractivity contribution in [2.75, 3.05) is 20.3 Å². The fourth-order valence-electron chi connectivity index (χ4n) is 2.43. The van der Waals surface area contributed by atoms with Crippen molar-refractivity contribution in [1.29, 1.82) is 0 Å². The van der Waals surface area contributed by atoms with Gasteiger partial charge in [-0.1, -0.05) is 29.8 Å². The van der Waals surface area contributed by atoms with Crippen molar-refractivity contribution in [2.24, 2.45) is 0 Å². The molecule has 1 N–H and O–H groups in total. The van der Waals surface area contributed by atoms with Crippen molar-refractivity contribution in [3.63, 3.8) is 0 Å². The van der Waals surface area contributed by atoms with Gasteiger partial charge < -0.3 is 19.5 Å². The van der Waals surface area contributed by atoms with Crippen LogP contribution in [0.1, 0.15) is 28.4 Å². The van der Waals surface area contributed by atoms with Crippen LogP contribution in [0.4, 0.5) is 0 Å². The van der Waals surface area contributed by atoms with Crippen LogP contribution in [0, 0.1) is 6.92 Å². The number of hydrogen-bond donors (Lipinski definition) is 1. The summed E-state index contributed by atoms with van der Waals surface area (Å²) in [6, 6.07) is 12.7. The van der Waals surface area contributed by atoms with Crippen molar-refractivity contribution >= 4 is 11.9 Å². The van der Waals surface area contributed by atoms with Crippen LogP contribution in [0.3, 0.4) is 0 Å². The minimum atomic E-state index is -1.08. The van der Waals surface area contributed by atoms with Gasteiger partial charge in [0.25, 0.3) is 5.91 Å². The van der Waals surface area contributed by atoms with Gasteiger partial charge >= 0.3 is 5.97 Å². The summed E-state index contributed by atoms with van der Waals surface area (Å²) < 4.78 is 10.7. The average Bonchev–Trinajstić information content (AvgIpc) is 2.62. The maximum atomic E-state index is 12.7. The van der Waals surface area contributed by atoms with Crippen LogP contribution < -0.4 is 9.47 Å². The lowest BCUT2D eigenvalue weighted by atomic mass is 10.1. The highest BCUT2D eigenvalue weighted by molar-refractivity contribution is 5.94. The first-order valence-electron chi connectivity index (χ1n) is 8.33. The fourth-order valence-corrected chi connectivity index (χ4v) is 2.43. The molecule has 1 amide bonds. The summed E-state index contributed by atoms with van der Waals surface area (Å²) in [5.74, 6) is -0.586. The molecule has 2 rings (SSSR count). The summed E-state index contributed by atoms with van der Waals surface area (Å²) in [6.45, 7) is 4.21. The number of aliphatic carboxylic acids is 1. The molecule has 0 saturated carbocycles. The van der Waals surface area contributed by atoms with Gasteiger partial charge in [0.15, 0.2) is 18.1 Å². The Morgan fingerprint density at radius 1 is 1.04 bits per heavy atom. The number of hydrogen-bond acceptors (Lipinski definition) is 4. The van der Waals surface area contributed by atoms with Gasteiger partial charge in [-0.2, -0.15) is 0 Å².